The number of rotatable bonds is 12. The largest absolute Gasteiger partial charge is 0.543 e. The van der Waals surface area contributed by atoms with Crippen LogP contribution in [-0.2, 0) is 24.9 Å². The second-order valence-corrected chi connectivity index (χ2v) is 28.1. The normalized spacial score (nSPS) is 21.2. The molecule has 0 N–H and O–H groups in total. The molecule has 0 bridgehead atoms. The van der Waals surface area contributed by atoms with Crippen molar-refractivity contribution in [1.82, 2.24) is 0 Å². The van der Waals surface area contributed by atoms with Crippen molar-refractivity contribution in [2.45, 2.75) is 168 Å². The molecule has 49 heavy (non-hydrogen) atoms. The maximum Gasteiger partial charge on any atom is 0.494 e. The molecule has 0 unspecified atom stereocenters. The van der Waals surface area contributed by atoms with E-state index < -0.39 is 35.0 Å². The van der Waals surface area contributed by atoms with Gasteiger partial charge >= 0.3 is 7.12 Å². The van der Waals surface area contributed by atoms with Crippen molar-refractivity contribution in [2.24, 2.45) is 0 Å². The molecule has 2 aliphatic rings. The molecule has 0 radical (unpaired) electrons. The van der Waals surface area contributed by atoms with Gasteiger partial charge in [-0.3, -0.25) is 0 Å². The SMILES string of the molecule is COc1c2c(c(OC)c3c(O[Si](C)(C)C(C)(C)C)cc(B4OC(C)(C)C(C)(C)O4)cc13)C[C@H](CCO[Si](C(C)C)(C(C)C)C(C)C)O[C@H]2C. The number of hydrogen-bond acceptors (Lipinski definition) is 7. The molecule has 2 aromatic rings. The second-order valence-electron chi connectivity index (χ2n) is 17.9. The minimum absolute atomic E-state index is 0.00877. The van der Waals surface area contributed by atoms with Gasteiger partial charge in [-0.15, -0.1) is 0 Å². The summed E-state index contributed by atoms with van der Waals surface area (Å²) < 4.78 is 46.7. The Kier molecular flexibility index (Phi) is 11.6. The predicted molar refractivity (Wildman–Crippen MR) is 209 cm³/mol. The molecule has 0 amide bonds. The van der Waals surface area contributed by atoms with E-state index in [9.17, 15) is 0 Å². The number of hydrogen-bond donors (Lipinski definition) is 0. The Hall–Kier alpha value is -1.56. The predicted octanol–water partition coefficient (Wildman–Crippen LogP) is 10.1. The monoisotopic (exact) mass is 714 g/mol. The summed E-state index contributed by atoms with van der Waals surface area (Å²) in [5, 5.41) is 1.83. The second kappa shape index (κ2) is 14.1. The molecule has 10 heteroatoms. The number of fused-ring (bicyclic) bond motifs is 2. The van der Waals surface area contributed by atoms with Crippen LogP contribution < -0.4 is 19.4 Å². The van der Waals surface area contributed by atoms with Gasteiger partial charge in [0.1, 0.15) is 17.2 Å². The van der Waals surface area contributed by atoms with E-state index in [-0.39, 0.29) is 17.2 Å². The summed E-state index contributed by atoms with van der Waals surface area (Å²) in [4.78, 5) is 0. The molecule has 2 heterocycles. The van der Waals surface area contributed by atoms with Gasteiger partial charge < -0.3 is 32.4 Å². The van der Waals surface area contributed by atoms with Crippen LogP contribution in [0.5, 0.6) is 17.2 Å². The fourth-order valence-electron chi connectivity index (χ4n) is 7.98. The van der Waals surface area contributed by atoms with E-state index in [1.54, 1.807) is 14.2 Å². The summed E-state index contributed by atoms with van der Waals surface area (Å²) in [5.41, 5.74) is 3.71. The highest BCUT2D eigenvalue weighted by molar-refractivity contribution is 6.77. The van der Waals surface area contributed by atoms with Crippen molar-refractivity contribution in [1.29, 1.82) is 0 Å². The molecule has 2 aromatic carbocycles. The highest BCUT2D eigenvalue weighted by atomic mass is 28.4. The Labute approximate surface area is 300 Å². The van der Waals surface area contributed by atoms with E-state index in [0.29, 0.717) is 29.7 Å². The number of methoxy groups -OCH3 is 2. The molecular weight excluding hydrogens is 647 g/mol. The van der Waals surface area contributed by atoms with Crippen molar-refractivity contribution in [3.8, 4) is 17.2 Å². The van der Waals surface area contributed by atoms with Crippen LogP contribution in [-0.4, -0.2) is 61.9 Å². The first kappa shape index (κ1) is 40.2. The van der Waals surface area contributed by atoms with E-state index in [1.165, 1.54) is 0 Å². The first-order chi connectivity index (χ1) is 22.5. The van der Waals surface area contributed by atoms with Crippen molar-refractivity contribution in [3.63, 3.8) is 0 Å². The Bertz CT molecular complexity index is 1460. The fourth-order valence-corrected chi connectivity index (χ4v) is 14.5. The van der Waals surface area contributed by atoms with E-state index in [1.807, 2.05) is 0 Å². The third-order valence-corrected chi connectivity index (χ3v) is 22.7. The summed E-state index contributed by atoms with van der Waals surface area (Å²) in [6, 6.07) is 4.25. The standard InChI is InChI=1S/C39H67BO7Si2/c1-24(2)49(25(3)4,26(5)6)43-20-19-29-23-31-33(27(7)44-29)35(41-15)30-21-28(40-46-38(11,12)39(13,14)47-40)22-32(34(30)36(31)42-16)45-48(17,18)37(8,9)10/h21-22,24-27,29H,19-20,23H2,1-18H3/t27-,29-/m0/s1. The first-order valence-corrected chi connectivity index (χ1v) is 23.6. The van der Waals surface area contributed by atoms with Crippen LogP contribution in [0.4, 0.5) is 0 Å². The van der Waals surface area contributed by atoms with Gasteiger partial charge in [0.25, 0.3) is 8.32 Å². The van der Waals surface area contributed by atoms with Crippen LogP contribution in [0.2, 0.25) is 34.8 Å². The molecule has 1 fully saturated rings. The topological polar surface area (TPSA) is 64.6 Å². The Balaban J connectivity index is 1.86. The lowest BCUT2D eigenvalue weighted by molar-refractivity contribution is -0.0274. The summed E-state index contributed by atoms with van der Waals surface area (Å²) in [6.45, 7) is 36.5. The van der Waals surface area contributed by atoms with Crippen LogP contribution in [0, 0.1) is 0 Å². The highest BCUT2D eigenvalue weighted by Crippen LogP contribution is 2.52. The lowest BCUT2D eigenvalue weighted by Gasteiger charge is -2.42. The zero-order valence-corrected chi connectivity index (χ0v) is 36.1. The third-order valence-electron chi connectivity index (χ3n) is 12.3. The lowest BCUT2D eigenvalue weighted by Crippen LogP contribution is -2.48. The summed E-state index contributed by atoms with van der Waals surface area (Å²) in [6.07, 6.45) is 1.32. The van der Waals surface area contributed by atoms with Gasteiger partial charge in [-0.25, -0.2) is 0 Å². The third kappa shape index (κ3) is 7.25. The number of ether oxygens (including phenoxy) is 3. The van der Waals surface area contributed by atoms with E-state index in [4.69, 9.17) is 32.4 Å². The zero-order valence-electron chi connectivity index (χ0n) is 34.1. The van der Waals surface area contributed by atoms with Gasteiger partial charge in [0, 0.05) is 29.5 Å². The maximum atomic E-state index is 7.19. The average Bonchev–Trinajstić information content (AvgIpc) is 3.18. The van der Waals surface area contributed by atoms with Gasteiger partial charge in [-0.2, -0.15) is 0 Å². The van der Waals surface area contributed by atoms with Crippen LogP contribution in [0.3, 0.4) is 0 Å². The molecule has 0 saturated carbocycles. The van der Waals surface area contributed by atoms with E-state index >= 15 is 0 Å². The molecule has 4 rings (SSSR count). The van der Waals surface area contributed by atoms with Crippen molar-refractivity contribution in [2.75, 3.05) is 20.8 Å². The summed E-state index contributed by atoms with van der Waals surface area (Å²) >= 11 is 0. The lowest BCUT2D eigenvalue weighted by atomic mass is 9.77. The van der Waals surface area contributed by atoms with Gasteiger partial charge in [-0.1, -0.05) is 68.4 Å². The summed E-state index contributed by atoms with van der Waals surface area (Å²) in [7, 11) is -1.31. The van der Waals surface area contributed by atoms with Gasteiger partial charge in [0.15, 0.2) is 8.32 Å². The molecule has 0 aromatic heterocycles. The van der Waals surface area contributed by atoms with Crippen LogP contribution in [0.25, 0.3) is 10.8 Å². The van der Waals surface area contributed by atoms with Gasteiger partial charge in [0.05, 0.1) is 43.0 Å². The van der Waals surface area contributed by atoms with E-state index in [0.717, 1.165) is 51.0 Å². The van der Waals surface area contributed by atoms with Gasteiger partial charge in [0.2, 0.25) is 0 Å². The Morgan fingerprint density at radius 2 is 1.41 bits per heavy atom. The molecule has 1 saturated heterocycles. The van der Waals surface area contributed by atoms with Crippen molar-refractivity contribution in [3.05, 3.63) is 23.3 Å². The maximum absolute atomic E-state index is 7.19. The van der Waals surface area contributed by atoms with Crippen LogP contribution in [0.1, 0.15) is 121 Å². The molecule has 0 aliphatic carbocycles. The molecule has 7 nitrogen and oxygen atoms in total. The molecule has 2 aliphatic heterocycles. The molecule has 276 valence electrons. The Morgan fingerprint density at radius 1 is 0.878 bits per heavy atom. The van der Waals surface area contributed by atoms with Crippen LogP contribution in [0.15, 0.2) is 12.1 Å². The number of benzene rings is 2. The van der Waals surface area contributed by atoms with Crippen LogP contribution >= 0.6 is 0 Å². The summed E-state index contributed by atoms with van der Waals surface area (Å²) in [5.74, 6) is 2.40. The van der Waals surface area contributed by atoms with Crippen molar-refractivity contribution < 1.29 is 32.4 Å². The minimum atomic E-state index is -2.29. The minimum Gasteiger partial charge on any atom is -0.543 e. The highest BCUT2D eigenvalue weighted by Gasteiger charge is 2.52. The fraction of sp³-hybridized carbons (Fsp3) is 0.744. The molecule has 2 atom stereocenters. The van der Waals surface area contributed by atoms with E-state index in [2.05, 4.69) is 122 Å². The first-order valence-electron chi connectivity index (χ1n) is 18.5. The zero-order chi connectivity index (χ0) is 37.1. The molecular formula is C39H67BO7Si2. The quantitative estimate of drug-likeness (QED) is 0.203. The van der Waals surface area contributed by atoms with Gasteiger partial charge in [-0.05, 0) is 87.3 Å². The average molecular weight is 715 g/mol. The Morgan fingerprint density at radius 3 is 1.88 bits per heavy atom. The van der Waals surface area contributed by atoms with Crippen molar-refractivity contribution >= 4 is 40.0 Å². The molecule has 0 spiro atoms. The smallest absolute Gasteiger partial charge is 0.494 e.